The molecule has 84 valence electrons. The normalized spacial score (nSPS) is 11.5. The Hall–Kier alpha value is -1.16. The Balaban J connectivity index is 2.78. The number of halogens is 1. The van der Waals surface area contributed by atoms with E-state index in [-0.39, 0.29) is 11.4 Å². The summed E-state index contributed by atoms with van der Waals surface area (Å²) in [5.41, 5.74) is 5.61. The van der Waals surface area contributed by atoms with E-state index < -0.39 is 0 Å². The van der Waals surface area contributed by atoms with Crippen molar-refractivity contribution in [3.05, 3.63) is 24.1 Å². The number of nitrogens with one attached hydrogen (secondary N) is 1. The van der Waals surface area contributed by atoms with Crippen LogP contribution in [0.25, 0.3) is 0 Å². The average Bonchev–Trinajstić information content (AvgIpc) is 2.29. The zero-order valence-corrected chi connectivity index (χ0v) is 9.26. The highest BCUT2D eigenvalue weighted by atomic mass is 19.1. The Bertz CT molecular complexity index is 285. The minimum atomic E-state index is -0.327. The van der Waals surface area contributed by atoms with Gasteiger partial charge >= 0.3 is 0 Å². The SMILES string of the molecule is CCC(CC)(CN)Nc1ccc(F)cn1. The molecule has 4 heteroatoms. The van der Waals surface area contributed by atoms with E-state index >= 15 is 0 Å². The van der Waals surface area contributed by atoms with Gasteiger partial charge in [-0.1, -0.05) is 13.8 Å². The van der Waals surface area contributed by atoms with E-state index in [1.807, 2.05) is 0 Å². The molecule has 15 heavy (non-hydrogen) atoms. The van der Waals surface area contributed by atoms with Crippen LogP contribution in [0, 0.1) is 5.82 Å². The molecule has 0 aliphatic rings. The number of aromatic nitrogens is 1. The zero-order chi connectivity index (χ0) is 11.3. The van der Waals surface area contributed by atoms with Crippen molar-refractivity contribution >= 4 is 5.82 Å². The van der Waals surface area contributed by atoms with Crippen molar-refractivity contribution in [3.8, 4) is 0 Å². The summed E-state index contributed by atoms with van der Waals surface area (Å²) in [5, 5.41) is 3.27. The van der Waals surface area contributed by atoms with E-state index in [0.717, 1.165) is 12.8 Å². The van der Waals surface area contributed by atoms with Crippen molar-refractivity contribution in [2.75, 3.05) is 11.9 Å². The van der Waals surface area contributed by atoms with Gasteiger partial charge in [0.05, 0.1) is 11.7 Å². The summed E-state index contributed by atoms with van der Waals surface area (Å²) in [7, 11) is 0. The van der Waals surface area contributed by atoms with Gasteiger partial charge in [0.2, 0.25) is 0 Å². The third-order valence-electron chi connectivity index (χ3n) is 2.86. The summed E-state index contributed by atoms with van der Waals surface area (Å²) < 4.78 is 12.7. The Kier molecular flexibility index (Phi) is 4.03. The lowest BCUT2D eigenvalue weighted by molar-refractivity contribution is 0.443. The summed E-state index contributed by atoms with van der Waals surface area (Å²) >= 11 is 0. The van der Waals surface area contributed by atoms with Crippen molar-refractivity contribution in [3.63, 3.8) is 0 Å². The van der Waals surface area contributed by atoms with Gasteiger partial charge < -0.3 is 11.1 Å². The van der Waals surface area contributed by atoms with Crippen molar-refractivity contribution in [2.45, 2.75) is 32.2 Å². The Morgan fingerprint density at radius 1 is 1.40 bits per heavy atom. The van der Waals surface area contributed by atoms with E-state index in [1.54, 1.807) is 6.07 Å². The first-order valence-corrected chi connectivity index (χ1v) is 5.25. The maximum Gasteiger partial charge on any atom is 0.141 e. The van der Waals surface area contributed by atoms with Crippen LogP contribution in [0.5, 0.6) is 0 Å². The number of hydrogen-bond donors (Lipinski definition) is 2. The highest BCUT2D eigenvalue weighted by Gasteiger charge is 2.24. The first-order chi connectivity index (χ1) is 7.15. The highest BCUT2D eigenvalue weighted by molar-refractivity contribution is 5.37. The molecule has 3 N–H and O–H groups in total. The molecule has 3 nitrogen and oxygen atoms in total. The minimum absolute atomic E-state index is 0.134. The van der Waals surface area contributed by atoms with Gasteiger partial charge in [0, 0.05) is 6.54 Å². The van der Waals surface area contributed by atoms with Gasteiger partial charge in [-0.05, 0) is 25.0 Å². The molecule has 0 atom stereocenters. The van der Waals surface area contributed by atoms with Gasteiger partial charge in [-0.3, -0.25) is 0 Å². The van der Waals surface area contributed by atoms with E-state index in [0.29, 0.717) is 12.4 Å². The summed E-state index contributed by atoms with van der Waals surface area (Å²) in [5.74, 6) is 0.345. The van der Waals surface area contributed by atoms with E-state index in [1.165, 1.54) is 12.3 Å². The maximum absolute atomic E-state index is 12.7. The summed E-state index contributed by atoms with van der Waals surface area (Å²) in [6.07, 6.45) is 3.03. The third kappa shape index (κ3) is 2.89. The van der Waals surface area contributed by atoms with Crippen LogP contribution in [-0.4, -0.2) is 17.1 Å². The van der Waals surface area contributed by atoms with Crippen LogP contribution in [0.1, 0.15) is 26.7 Å². The predicted octanol–water partition coefficient (Wildman–Crippen LogP) is 2.15. The van der Waals surface area contributed by atoms with Crippen LogP contribution in [0.2, 0.25) is 0 Å². The number of nitrogens with two attached hydrogens (primary N) is 1. The molecular weight excluding hydrogens is 193 g/mol. The highest BCUT2D eigenvalue weighted by Crippen LogP contribution is 2.19. The smallest absolute Gasteiger partial charge is 0.141 e. The average molecular weight is 211 g/mol. The van der Waals surface area contributed by atoms with Crippen LogP contribution in [0.4, 0.5) is 10.2 Å². The first-order valence-electron chi connectivity index (χ1n) is 5.25. The monoisotopic (exact) mass is 211 g/mol. The van der Waals surface area contributed by atoms with E-state index in [4.69, 9.17) is 5.73 Å². The third-order valence-corrected chi connectivity index (χ3v) is 2.86. The van der Waals surface area contributed by atoms with Crippen molar-refractivity contribution in [2.24, 2.45) is 5.73 Å². The molecule has 0 unspecified atom stereocenters. The quantitative estimate of drug-likeness (QED) is 0.784. The van der Waals surface area contributed by atoms with E-state index in [2.05, 4.69) is 24.1 Å². The van der Waals surface area contributed by atoms with Crippen molar-refractivity contribution in [1.82, 2.24) is 4.98 Å². The van der Waals surface area contributed by atoms with Gasteiger partial charge in [-0.2, -0.15) is 0 Å². The van der Waals surface area contributed by atoms with Gasteiger partial charge in [-0.15, -0.1) is 0 Å². The maximum atomic E-state index is 12.7. The topological polar surface area (TPSA) is 50.9 Å². The molecule has 0 saturated heterocycles. The molecule has 0 fully saturated rings. The molecule has 0 aromatic carbocycles. The summed E-state index contributed by atoms with van der Waals surface area (Å²) in [4.78, 5) is 3.97. The van der Waals surface area contributed by atoms with Crippen LogP contribution in [0.15, 0.2) is 18.3 Å². The van der Waals surface area contributed by atoms with Gasteiger partial charge in [0.25, 0.3) is 0 Å². The fraction of sp³-hybridized carbons (Fsp3) is 0.545. The van der Waals surface area contributed by atoms with Crippen LogP contribution in [0.3, 0.4) is 0 Å². The van der Waals surface area contributed by atoms with Crippen LogP contribution < -0.4 is 11.1 Å². The Labute approximate surface area is 89.9 Å². The number of rotatable bonds is 5. The Morgan fingerprint density at radius 3 is 2.47 bits per heavy atom. The van der Waals surface area contributed by atoms with Gasteiger partial charge in [0.15, 0.2) is 0 Å². The van der Waals surface area contributed by atoms with Crippen molar-refractivity contribution in [1.29, 1.82) is 0 Å². The van der Waals surface area contributed by atoms with Crippen LogP contribution >= 0.6 is 0 Å². The molecular formula is C11H18FN3. The largest absolute Gasteiger partial charge is 0.363 e. The first kappa shape index (κ1) is 11.9. The number of hydrogen-bond acceptors (Lipinski definition) is 3. The molecule has 1 heterocycles. The van der Waals surface area contributed by atoms with Crippen LogP contribution in [-0.2, 0) is 0 Å². The summed E-state index contributed by atoms with van der Waals surface area (Å²) in [6, 6.07) is 3.02. The predicted molar refractivity (Wildman–Crippen MR) is 60.2 cm³/mol. The van der Waals surface area contributed by atoms with Gasteiger partial charge in [0.1, 0.15) is 11.6 Å². The van der Waals surface area contributed by atoms with Gasteiger partial charge in [-0.25, -0.2) is 9.37 Å². The Morgan fingerprint density at radius 2 is 2.07 bits per heavy atom. The fourth-order valence-electron chi connectivity index (χ4n) is 1.49. The lowest BCUT2D eigenvalue weighted by Crippen LogP contribution is -2.44. The molecule has 0 amide bonds. The second kappa shape index (κ2) is 5.07. The number of nitrogens with zero attached hydrogens (tertiary/aromatic N) is 1. The summed E-state index contributed by atoms with van der Waals surface area (Å²) in [6.45, 7) is 4.69. The molecule has 0 aliphatic heterocycles. The second-order valence-electron chi connectivity index (χ2n) is 3.68. The lowest BCUT2D eigenvalue weighted by atomic mass is 9.93. The molecule has 0 saturated carbocycles. The lowest BCUT2D eigenvalue weighted by Gasteiger charge is -2.32. The number of anilines is 1. The van der Waals surface area contributed by atoms with E-state index in [9.17, 15) is 4.39 Å². The molecule has 0 spiro atoms. The minimum Gasteiger partial charge on any atom is -0.363 e. The molecule has 0 bridgehead atoms. The molecule has 1 aromatic heterocycles. The molecule has 0 radical (unpaired) electrons. The molecule has 1 rings (SSSR count). The zero-order valence-electron chi connectivity index (χ0n) is 9.26. The molecule has 1 aromatic rings. The standard InChI is InChI=1S/C11H18FN3/c1-3-11(4-2,8-13)15-10-6-5-9(12)7-14-10/h5-7H,3-4,8,13H2,1-2H3,(H,14,15). The van der Waals surface area contributed by atoms with Crippen molar-refractivity contribution < 1.29 is 4.39 Å². The number of pyridine rings is 1. The second-order valence-corrected chi connectivity index (χ2v) is 3.68. The fourth-order valence-corrected chi connectivity index (χ4v) is 1.49. The molecule has 0 aliphatic carbocycles.